The van der Waals surface area contributed by atoms with Crippen LogP contribution in [-0.2, 0) is 10.0 Å². The molecule has 3 atom stereocenters. The zero-order valence-electron chi connectivity index (χ0n) is 18.4. The molecule has 1 saturated carbocycles. The molecule has 0 bridgehead atoms. The fraction of sp³-hybridized carbons (Fsp3) is 0.500. The van der Waals surface area contributed by atoms with E-state index in [1.807, 2.05) is 24.3 Å². The van der Waals surface area contributed by atoms with Crippen LogP contribution in [-0.4, -0.2) is 45.9 Å². The molecular weight excluding hydrogens is 428 g/mol. The molecular formula is C24H32N2O5S. The summed E-state index contributed by atoms with van der Waals surface area (Å²) in [5.41, 5.74) is 2.28. The second-order valence-electron chi connectivity index (χ2n) is 8.51. The molecule has 3 N–H and O–H groups in total. The summed E-state index contributed by atoms with van der Waals surface area (Å²) in [6.07, 6.45) is 4.02. The van der Waals surface area contributed by atoms with E-state index in [4.69, 9.17) is 14.6 Å². The average Bonchev–Trinajstić information content (AvgIpc) is 3.12. The summed E-state index contributed by atoms with van der Waals surface area (Å²) in [7, 11) is -3.57. The highest BCUT2D eigenvalue weighted by Crippen LogP contribution is 2.39. The highest BCUT2D eigenvalue weighted by atomic mass is 32.2. The van der Waals surface area contributed by atoms with Crippen LogP contribution in [0.25, 0.3) is 0 Å². The van der Waals surface area contributed by atoms with Crippen LogP contribution in [0.4, 0.5) is 0 Å². The van der Waals surface area contributed by atoms with Gasteiger partial charge in [0, 0.05) is 30.6 Å². The van der Waals surface area contributed by atoms with E-state index in [9.17, 15) is 8.42 Å². The van der Waals surface area contributed by atoms with Crippen molar-refractivity contribution in [1.29, 1.82) is 0 Å². The van der Waals surface area contributed by atoms with Gasteiger partial charge >= 0.3 is 0 Å². The minimum atomic E-state index is -3.57. The van der Waals surface area contributed by atoms with Gasteiger partial charge in [0.15, 0.2) is 11.5 Å². The van der Waals surface area contributed by atoms with E-state index < -0.39 is 10.0 Å². The number of hydrogen-bond acceptors (Lipinski definition) is 6. The van der Waals surface area contributed by atoms with Crippen molar-refractivity contribution in [3.8, 4) is 11.5 Å². The maximum Gasteiger partial charge on any atom is 0.240 e. The number of para-hydroxylation sites is 1. The lowest BCUT2D eigenvalue weighted by Crippen LogP contribution is -2.29. The second kappa shape index (κ2) is 10.2. The average molecular weight is 461 g/mol. The summed E-state index contributed by atoms with van der Waals surface area (Å²) in [5, 5.41) is 12.6. The molecule has 1 aliphatic heterocycles. The van der Waals surface area contributed by atoms with Crippen molar-refractivity contribution < 1.29 is 23.0 Å². The monoisotopic (exact) mass is 460 g/mol. The van der Waals surface area contributed by atoms with Crippen molar-refractivity contribution in [2.24, 2.45) is 0 Å². The van der Waals surface area contributed by atoms with Crippen LogP contribution in [0.15, 0.2) is 47.4 Å². The van der Waals surface area contributed by atoms with E-state index in [0.717, 1.165) is 48.3 Å². The number of rotatable bonds is 8. The SMILES string of the molecule is CC(NC1CCC(c2ccc(S(=O)(=O)NCCO)cc2)C1)c1cccc2c1OCCCO2. The standard InChI is InChI=1S/C24H32N2O5S/c1-17(22-4-2-5-23-24(22)31-15-3-14-30-23)26-20-9-6-19(16-20)18-7-10-21(11-8-18)32(28,29)25-12-13-27/h2,4-5,7-8,10-11,17,19-20,25-27H,3,6,9,12-16H2,1H3. The van der Waals surface area contributed by atoms with Crippen LogP contribution in [0.3, 0.4) is 0 Å². The van der Waals surface area contributed by atoms with Gasteiger partial charge in [-0.1, -0.05) is 24.3 Å². The Morgan fingerprint density at radius 3 is 2.66 bits per heavy atom. The lowest BCUT2D eigenvalue weighted by molar-refractivity contribution is 0.295. The molecule has 2 aliphatic rings. The van der Waals surface area contributed by atoms with Gasteiger partial charge in [-0.2, -0.15) is 0 Å². The summed E-state index contributed by atoms with van der Waals surface area (Å²) in [6.45, 7) is 3.30. The van der Waals surface area contributed by atoms with Gasteiger partial charge < -0.3 is 19.9 Å². The van der Waals surface area contributed by atoms with E-state index >= 15 is 0 Å². The highest BCUT2D eigenvalue weighted by molar-refractivity contribution is 7.89. The molecule has 0 saturated heterocycles. The normalized spacial score (nSPS) is 21.8. The Morgan fingerprint density at radius 2 is 1.88 bits per heavy atom. The molecule has 174 valence electrons. The Morgan fingerprint density at radius 1 is 1.09 bits per heavy atom. The Balaban J connectivity index is 1.38. The van der Waals surface area contributed by atoms with Gasteiger partial charge in [0.2, 0.25) is 10.0 Å². The largest absolute Gasteiger partial charge is 0.490 e. The van der Waals surface area contributed by atoms with Gasteiger partial charge in [0.1, 0.15) is 0 Å². The van der Waals surface area contributed by atoms with Crippen LogP contribution in [0.2, 0.25) is 0 Å². The first-order valence-corrected chi connectivity index (χ1v) is 12.8. The van der Waals surface area contributed by atoms with Crippen molar-refractivity contribution >= 4 is 10.0 Å². The Hall–Kier alpha value is -2.13. The second-order valence-corrected chi connectivity index (χ2v) is 10.3. The number of aliphatic hydroxyl groups is 1. The van der Waals surface area contributed by atoms with Gasteiger partial charge in [-0.3, -0.25) is 0 Å². The molecule has 8 heteroatoms. The molecule has 0 amide bonds. The van der Waals surface area contributed by atoms with E-state index in [1.165, 1.54) is 0 Å². The van der Waals surface area contributed by atoms with Crippen LogP contribution in [0.1, 0.15) is 55.7 Å². The maximum atomic E-state index is 12.2. The molecule has 32 heavy (non-hydrogen) atoms. The zero-order valence-corrected chi connectivity index (χ0v) is 19.2. The van der Waals surface area contributed by atoms with Gasteiger partial charge in [-0.25, -0.2) is 13.1 Å². The predicted octanol–water partition coefficient (Wildman–Crippen LogP) is 3.11. The maximum absolute atomic E-state index is 12.2. The summed E-state index contributed by atoms with van der Waals surface area (Å²) < 4.78 is 38.6. The summed E-state index contributed by atoms with van der Waals surface area (Å²) in [5.74, 6) is 2.07. The smallest absolute Gasteiger partial charge is 0.240 e. The minimum absolute atomic E-state index is 0.0139. The molecule has 0 spiro atoms. The Kier molecular flexibility index (Phi) is 7.35. The summed E-state index contributed by atoms with van der Waals surface area (Å²) >= 11 is 0. The summed E-state index contributed by atoms with van der Waals surface area (Å²) in [6, 6.07) is 13.7. The van der Waals surface area contributed by atoms with Crippen LogP contribution >= 0.6 is 0 Å². The van der Waals surface area contributed by atoms with Crippen molar-refractivity contribution in [2.75, 3.05) is 26.4 Å². The highest BCUT2D eigenvalue weighted by Gasteiger charge is 2.28. The molecule has 0 radical (unpaired) electrons. The van der Waals surface area contributed by atoms with Crippen molar-refractivity contribution in [3.63, 3.8) is 0 Å². The van der Waals surface area contributed by atoms with Crippen LogP contribution in [0, 0.1) is 0 Å². The first-order valence-electron chi connectivity index (χ1n) is 11.3. The van der Waals surface area contributed by atoms with Crippen LogP contribution < -0.4 is 19.5 Å². The number of benzene rings is 2. The Labute approximate surface area is 190 Å². The van der Waals surface area contributed by atoms with Crippen molar-refractivity contribution in [1.82, 2.24) is 10.0 Å². The Bertz CT molecular complexity index is 1010. The number of aliphatic hydroxyl groups excluding tert-OH is 1. The molecule has 2 aromatic carbocycles. The fourth-order valence-corrected chi connectivity index (χ4v) is 5.64. The first-order chi connectivity index (χ1) is 15.5. The molecule has 1 aliphatic carbocycles. The third kappa shape index (κ3) is 5.26. The topological polar surface area (TPSA) is 96.9 Å². The summed E-state index contributed by atoms with van der Waals surface area (Å²) in [4.78, 5) is 0.225. The number of nitrogens with one attached hydrogen (secondary N) is 2. The molecule has 3 unspecified atom stereocenters. The molecule has 1 heterocycles. The molecule has 7 nitrogen and oxygen atoms in total. The van der Waals surface area contributed by atoms with Crippen molar-refractivity contribution in [3.05, 3.63) is 53.6 Å². The molecule has 4 rings (SSSR count). The zero-order chi connectivity index (χ0) is 22.6. The van der Waals surface area contributed by atoms with Gasteiger partial charge in [-0.05, 0) is 55.9 Å². The number of hydrogen-bond donors (Lipinski definition) is 3. The van der Waals surface area contributed by atoms with Crippen molar-refractivity contribution in [2.45, 2.75) is 55.5 Å². The lowest BCUT2D eigenvalue weighted by atomic mass is 9.97. The van der Waals surface area contributed by atoms with E-state index in [0.29, 0.717) is 25.2 Å². The number of fused-ring (bicyclic) bond motifs is 1. The number of sulfonamides is 1. The third-order valence-corrected chi connectivity index (χ3v) is 7.73. The van der Waals surface area contributed by atoms with E-state index in [1.54, 1.807) is 12.1 Å². The molecule has 1 fully saturated rings. The van der Waals surface area contributed by atoms with Gasteiger partial charge in [0.05, 0.1) is 24.7 Å². The third-order valence-electron chi connectivity index (χ3n) is 6.25. The van der Waals surface area contributed by atoms with Crippen LogP contribution in [0.5, 0.6) is 11.5 Å². The first kappa shape index (κ1) is 23.0. The van der Waals surface area contributed by atoms with E-state index in [-0.39, 0.29) is 24.1 Å². The fourth-order valence-electron chi connectivity index (χ4n) is 4.62. The molecule has 0 aromatic heterocycles. The van der Waals surface area contributed by atoms with Gasteiger partial charge in [-0.15, -0.1) is 0 Å². The lowest BCUT2D eigenvalue weighted by Gasteiger charge is -2.23. The van der Waals surface area contributed by atoms with E-state index in [2.05, 4.69) is 23.0 Å². The quantitative estimate of drug-likeness (QED) is 0.560. The van der Waals surface area contributed by atoms with Gasteiger partial charge in [0.25, 0.3) is 0 Å². The minimum Gasteiger partial charge on any atom is -0.490 e. The number of ether oxygens (including phenoxy) is 2. The molecule has 2 aromatic rings. The predicted molar refractivity (Wildman–Crippen MR) is 123 cm³/mol.